The number of hydrogen-bond donors (Lipinski definition) is 2. The van der Waals surface area contributed by atoms with E-state index in [2.05, 4.69) is 4.72 Å². The third kappa shape index (κ3) is 4.78. The first kappa shape index (κ1) is 13.9. The van der Waals surface area contributed by atoms with E-state index in [9.17, 15) is 8.42 Å². The van der Waals surface area contributed by atoms with Crippen LogP contribution in [0.2, 0.25) is 0 Å². The highest BCUT2D eigenvalue weighted by atomic mass is 32.2. The van der Waals surface area contributed by atoms with Gasteiger partial charge in [0.1, 0.15) is 0 Å². The molecule has 16 heavy (non-hydrogen) atoms. The highest BCUT2D eigenvalue weighted by Gasteiger charge is 2.25. The van der Waals surface area contributed by atoms with Crippen LogP contribution in [-0.4, -0.2) is 39.5 Å². The minimum atomic E-state index is -3.24. The molecule has 1 aliphatic carbocycles. The fourth-order valence-electron chi connectivity index (χ4n) is 1.91. The largest absolute Gasteiger partial charge is 0.381 e. The van der Waals surface area contributed by atoms with Gasteiger partial charge in [-0.05, 0) is 19.8 Å². The van der Waals surface area contributed by atoms with E-state index in [0.29, 0.717) is 6.61 Å². The molecule has 1 saturated carbocycles. The van der Waals surface area contributed by atoms with Crippen molar-refractivity contribution in [1.29, 1.82) is 0 Å². The molecule has 0 radical (unpaired) electrons. The zero-order valence-corrected chi connectivity index (χ0v) is 10.6. The number of rotatable bonds is 6. The van der Waals surface area contributed by atoms with Crippen molar-refractivity contribution < 1.29 is 13.2 Å². The predicted molar refractivity (Wildman–Crippen MR) is 63.6 cm³/mol. The molecule has 1 rings (SSSR count). The molecule has 1 aliphatic rings. The van der Waals surface area contributed by atoms with Crippen molar-refractivity contribution in [2.75, 3.05) is 19.0 Å². The Morgan fingerprint density at radius 3 is 2.69 bits per heavy atom. The number of nitrogens with one attached hydrogen (secondary N) is 1. The summed E-state index contributed by atoms with van der Waals surface area (Å²) in [6, 6.07) is -0.143. The quantitative estimate of drug-likeness (QED) is 0.660. The molecule has 5 nitrogen and oxygen atoms in total. The van der Waals surface area contributed by atoms with Crippen molar-refractivity contribution in [3.8, 4) is 0 Å². The first-order valence-electron chi connectivity index (χ1n) is 5.88. The molecule has 0 heterocycles. The van der Waals surface area contributed by atoms with Gasteiger partial charge in [-0.25, -0.2) is 13.1 Å². The number of ether oxygens (including phenoxy) is 1. The molecule has 1 fully saturated rings. The van der Waals surface area contributed by atoms with E-state index >= 15 is 0 Å². The molecule has 2 atom stereocenters. The molecule has 0 aromatic carbocycles. The fraction of sp³-hybridized carbons (Fsp3) is 1.00. The van der Waals surface area contributed by atoms with Gasteiger partial charge in [-0.2, -0.15) is 0 Å². The minimum absolute atomic E-state index is 0.0179. The van der Waals surface area contributed by atoms with E-state index in [-0.39, 0.29) is 24.4 Å². The lowest BCUT2D eigenvalue weighted by Gasteiger charge is -2.28. The van der Waals surface area contributed by atoms with Crippen LogP contribution in [0.15, 0.2) is 0 Å². The molecule has 6 heteroatoms. The zero-order valence-electron chi connectivity index (χ0n) is 9.81. The summed E-state index contributed by atoms with van der Waals surface area (Å²) >= 11 is 0. The van der Waals surface area contributed by atoms with Crippen LogP contribution >= 0.6 is 0 Å². The molecule has 0 saturated heterocycles. The lowest BCUT2D eigenvalue weighted by molar-refractivity contribution is 0.163. The normalized spacial score (nSPS) is 26.9. The van der Waals surface area contributed by atoms with E-state index in [0.717, 1.165) is 25.7 Å². The molecular formula is C10H22N2O3S. The minimum Gasteiger partial charge on any atom is -0.381 e. The number of nitrogens with two attached hydrogens (primary N) is 1. The summed E-state index contributed by atoms with van der Waals surface area (Å²) in [5.41, 5.74) is 5.88. The van der Waals surface area contributed by atoms with Crippen LogP contribution in [0.3, 0.4) is 0 Å². The van der Waals surface area contributed by atoms with Gasteiger partial charge in [0, 0.05) is 18.7 Å². The van der Waals surface area contributed by atoms with Gasteiger partial charge >= 0.3 is 0 Å². The third-order valence-electron chi connectivity index (χ3n) is 2.85. The number of sulfonamides is 1. The van der Waals surface area contributed by atoms with Crippen LogP contribution in [0.1, 0.15) is 32.6 Å². The van der Waals surface area contributed by atoms with E-state index in [1.807, 2.05) is 6.92 Å². The predicted octanol–water partition coefficient (Wildman–Crippen LogP) is 0.212. The standard InChI is InChI=1S/C10H22N2O3S/c1-2-15-7-8-16(13,14)12-10-6-4-3-5-9(10)11/h9-10,12H,2-8,11H2,1H3/t9-,10-/m1/s1. The van der Waals surface area contributed by atoms with Crippen LogP contribution in [0.25, 0.3) is 0 Å². The monoisotopic (exact) mass is 250 g/mol. The Balaban J connectivity index is 2.38. The van der Waals surface area contributed by atoms with Crippen LogP contribution in [0.5, 0.6) is 0 Å². The van der Waals surface area contributed by atoms with Gasteiger partial charge in [0.05, 0.1) is 12.4 Å². The molecule has 0 aromatic heterocycles. The van der Waals surface area contributed by atoms with E-state index < -0.39 is 10.0 Å². The SMILES string of the molecule is CCOCCS(=O)(=O)N[C@@H]1CCCC[C@H]1N. The first-order valence-corrected chi connectivity index (χ1v) is 7.53. The van der Waals surface area contributed by atoms with Crippen LogP contribution < -0.4 is 10.5 Å². The van der Waals surface area contributed by atoms with Crippen molar-refractivity contribution in [3.63, 3.8) is 0 Å². The summed E-state index contributed by atoms with van der Waals surface area (Å²) in [5, 5.41) is 0. The fourth-order valence-corrected chi connectivity index (χ4v) is 3.12. The Bertz CT molecular complexity index is 292. The maximum atomic E-state index is 11.7. The van der Waals surface area contributed by atoms with Gasteiger partial charge < -0.3 is 10.5 Å². The van der Waals surface area contributed by atoms with Gasteiger partial charge in [0.2, 0.25) is 10.0 Å². The summed E-state index contributed by atoms with van der Waals surface area (Å²) in [4.78, 5) is 0. The topological polar surface area (TPSA) is 81.4 Å². The summed E-state index contributed by atoms with van der Waals surface area (Å²) < 4.78 is 31.1. The maximum absolute atomic E-state index is 11.7. The Labute approximate surface area is 97.8 Å². The molecule has 0 aliphatic heterocycles. The smallest absolute Gasteiger partial charge is 0.214 e. The van der Waals surface area contributed by atoms with Gasteiger partial charge in [-0.15, -0.1) is 0 Å². The van der Waals surface area contributed by atoms with Gasteiger partial charge in [0.15, 0.2) is 0 Å². The maximum Gasteiger partial charge on any atom is 0.214 e. The Morgan fingerprint density at radius 1 is 1.38 bits per heavy atom. The summed E-state index contributed by atoms with van der Waals surface area (Å²) in [6.07, 6.45) is 3.89. The van der Waals surface area contributed by atoms with Crippen LogP contribution in [0, 0.1) is 0 Å². The average molecular weight is 250 g/mol. The molecule has 0 spiro atoms. The molecule has 0 aromatic rings. The van der Waals surface area contributed by atoms with E-state index in [1.165, 1.54) is 0 Å². The summed E-state index contributed by atoms with van der Waals surface area (Å²) in [5.74, 6) is 0.0179. The summed E-state index contributed by atoms with van der Waals surface area (Å²) in [7, 11) is -3.24. The van der Waals surface area contributed by atoms with Gasteiger partial charge in [-0.1, -0.05) is 12.8 Å². The first-order chi connectivity index (χ1) is 7.55. The lowest BCUT2D eigenvalue weighted by Crippen LogP contribution is -2.50. The highest BCUT2D eigenvalue weighted by molar-refractivity contribution is 7.89. The zero-order chi connectivity index (χ0) is 12.0. The van der Waals surface area contributed by atoms with Crippen molar-refractivity contribution in [2.24, 2.45) is 5.73 Å². The second kappa shape index (κ2) is 6.54. The van der Waals surface area contributed by atoms with Crippen LogP contribution in [0.4, 0.5) is 0 Å². The van der Waals surface area contributed by atoms with E-state index in [1.54, 1.807) is 0 Å². The van der Waals surface area contributed by atoms with Crippen LogP contribution in [-0.2, 0) is 14.8 Å². The molecule has 0 bridgehead atoms. The summed E-state index contributed by atoms with van der Waals surface area (Å²) in [6.45, 7) is 2.63. The molecule has 0 unspecified atom stereocenters. The molecule has 3 N–H and O–H groups in total. The third-order valence-corrected chi connectivity index (χ3v) is 4.22. The molecular weight excluding hydrogens is 228 g/mol. The molecule has 0 amide bonds. The number of hydrogen-bond acceptors (Lipinski definition) is 4. The molecule has 96 valence electrons. The van der Waals surface area contributed by atoms with Crippen molar-refractivity contribution in [1.82, 2.24) is 4.72 Å². The van der Waals surface area contributed by atoms with Crippen molar-refractivity contribution in [2.45, 2.75) is 44.7 Å². The Hall–Kier alpha value is -0.170. The van der Waals surface area contributed by atoms with Gasteiger partial charge in [-0.3, -0.25) is 0 Å². The van der Waals surface area contributed by atoms with Crippen molar-refractivity contribution in [3.05, 3.63) is 0 Å². The lowest BCUT2D eigenvalue weighted by atomic mass is 9.92. The Morgan fingerprint density at radius 2 is 2.06 bits per heavy atom. The second-order valence-electron chi connectivity index (χ2n) is 4.19. The van der Waals surface area contributed by atoms with Gasteiger partial charge in [0.25, 0.3) is 0 Å². The second-order valence-corrected chi connectivity index (χ2v) is 6.06. The Kier molecular flexibility index (Phi) is 5.68. The van der Waals surface area contributed by atoms with Crippen molar-refractivity contribution >= 4 is 10.0 Å². The average Bonchev–Trinajstić information content (AvgIpc) is 2.21. The van der Waals surface area contributed by atoms with E-state index in [4.69, 9.17) is 10.5 Å². The highest BCUT2D eigenvalue weighted by Crippen LogP contribution is 2.17.